The molecule has 0 aliphatic carbocycles. The van der Waals surface area contributed by atoms with Gasteiger partial charge in [0.05, 0.1) is 25.9 Å². The number of carbonyl (C=O) groups is 1. The fourth-order valence-electron chi connectivity index (χ4n) is 2.08. The van der Waals surface area contributed by atoms with Gasteiger partial charge in [0.25, 0.3) is 5.91 Å². The fourth-order valence-corrected chi connectivity index (χ4v) is 2.08. The van der Waals surface area contributed by atoms with E-state index in [-0.39, 0.29) is 18.6 Å². The molecule has 1 aliphatic heterocycles. The highest BCUT2D eigenvalue weighted by Crippen LogP contribution is 2.19. The Kier molecular flexibility index (Phi) is 3.94. The molecule has 5 heteroatoms. The largest absolute Gasteiger partial charge is 0.392 e. The lowest BCUT2D eigenvalue weighted by Gasteiger charge is -2.26. The van der Waals surface area contributed by atoms with Crippen LogP contribution in [0.1, 0.15) is 16.1 Å². The van der Waals surface area contributed by atoms with Gasteiger partial charge in [0.15, 0.2) is 0 Å². The summed E-state index contributed by atoms with van der Waals surface area (Å²) in [6, 6.07) is 11.3. The van der Waals surface area contributed by atoms with Crippen molar-refractivity contribution in [3.8, 4) is 11.1 Å². The lowest BCUT2D eigenvalue weighted by molar-refractivity contribution is -0.00354. The van der Waals surface area contributed by atoms with Crippen molar-refractivity contribution in [3.63, 3.8) is 0 Å². The highest BCUT2D eigenvalue weighted by Gasteiger charge is 2.21. The molecule has 1 aromatic carbocycles. The van der Waals surface area contributed by atoms with Crippen molar-refractivity contribution < 1.29 is 14.6 Å². The highest BCUT2D eigenvalue weighted by molar-refractivity contribution is 5.92. The summed E-state index contributed by atoms with van der Waals surface area (Å²) in [5.41, 5.74) is 3.20. The standard InChI is InChI=1S/C16H16N2O3/c19-8-11-1-3-12(4-2-11)13-5-6-15(17-7-13)16(20)18-14-9-21-10-14/h1-7,14,19H,8-10H2,(H,18,20). The van der Waals surface area contributed by atoms with Crippen LogP contribution in [-0.4, -0.2) is 35.3 Å². The third-order valence-corrected chi connectivity index (χ3v) is 3.44. The molecule has 2 N–H and O–H groups in total. The maximum Gasteiger partial charge on any atom is 0.270 e. The van der Waals surface area contributed by atoms with Crippen LogP contribution < -0.4 is 5.32 Å². The molecule has 2 heterocycles. The first-order chi connectivity index (χ1) is 10.3. The number of rotatable bonds is 4. The Morgan fingerprint density at radius 2 is 1.90 bits per heavy atom. The second kappa shape index (κ2) is 6.03. The van der Waals surface area contributed by atoms with Crippen LogP contribution in [0.3, 0.4) is 0 Å². The van der Waals surface area contributed by atoms with Gasteiger partial charge < -0.3 is 15.2 Å². The van der Waals surface area contributed by atoms with Crippen LogP contribution in [-0.2, 0) is 11.3 Å². The molecule has 1 amide bonds. The van der Waals surface area contributed by atoms with Crippen LogP contribution in [0, 0.1) is 0 Å². The lowest BCUT2D eigenvalue weighted by atomic mass is 10.1. The van der Waals surface area contributed by atoms with Gasteiger partial charge in [-0.05, 0) is 17.2 Å². The number of hydrogen-bond donors (Lipinski definition) is 2. The predicted molar refractivity (Wildman–Crippen MR) is 77.7 cm³/mol. The van der Waals surface area contributed by atoms with Crippen LogP contribution in [0.4, 0.5) is 0 Å². The average molecular weight is 284 g/mol. The molecule has 1 aliphatic rings. The number of hydrogen-bond acceptors (Lipinski definition) is 4. The molecule has 0 atom stereocenters. The maximum atomic E-state index is 11.9. The number of nitrogens with zero attached hydrogens (tertiary/aromatic N) is 1. The zero-order valence-electron chi connectivity index (χ0n) is 11.5. The number of nitrogens with one attached hydrogen (secondary N) is 1. The van der Waals surface area contributed by atoms with Crippen LogP contribution in [0.5, 0.6) is 0 Å². The normalized spacial score (nSPS) is 14.5. The molecule has 108 valence electrons. The van der Waals surface area contributed by atoms with Gasteiger partial charge in [0.1, 0.15) is 5.69 Å². The minimum absolute atomic E-state index is 0.0303. The molecule has 1 fully saturated rings. The Morgan fingerprint density at radius 1 is 1.19 bits per heavy atom. The SMILES string of the molecule is O=C(NC1COC1)c1ccc(-c2ccc(CO)cc2)cn1. The number of amides is 1. The molecular formula is C16H16N2O3. The Morgan fingerprint density at radius 3 is 2.43 bits per heavy atom. The molecule has 3 rings (SSSR count). The van der Waals surface area contributed by atoms with Gasteiger partial charge in [-0.25, -0.2) is 0 Å². The number of aliphatic hydroxyl groups excluding tert-OH is 1. The molecular weight excluding hydrogens is 268 g/mol. The smallest absolute Gasteiger partial charge is 0.270 e. The van der Waals surface area contributed by atoms with Crippen molar-refractivity contribution in [3.05, 3.63) is 53.9 Å². The number of pyridine rings is 1. The second-order valence-corrected chi connectivity index (χ2v) is 4.99. The second-order valence-electron chi connectivity index (χ2n) is 4.99. The van der Waals surface area contributed by atoms with Crippen molar-refractivity contribution >= 4 is 5.91 Å². The van der Waals surface area contributed by atoms with Crippen molar-refractivity contribution in [1.29, 1.82) is 0 Å². The average Bonchev–Trinajstić information content (AvgIpc) is 2.51. The fraction of sp³-hybridized carbons (Fsp3) is 0.250. The quantitative estimate of drug-likeness (QED) is 0.889. The summed E-state index contributed by atoms with van der Waals surface area (Å²) in [6.07, 6.45) is 1.68. The Hall–Kier alpha value is -2.24. The van der Waals surface area contributed by atoms with Gasteiger partial charge in [-0.3, -0.25) is 9.78 Å². The summed E-state index contributed by atoms with van der Waals surface area (Å²) in [5, 5.41) is 11.9. The van der Waals surface area contributed by atoms with E-state index in [1.54, 1.807) is 12.3 Å². The molecule has 5 nitrogen and oxygen atoms in total. The van der Waals surface area contributed by atoms with E-state index in [4.69, 9.17) is 9.84 Å². The summed E-state index contributed by atoms with van der Waals surface area (Å²) in [6.45, 7) is 1.17. The van der Waals surface area contributed by atoms with Gasteiger partial charge in [0, 0.05) is 11.8 Å². The molecule has 0 radical (unpaired) electrons. The zero-order valence-corrected chi connectivity index (χ0v) is 11.5. The van der Waals surface area contributed by atoms with E-state index in [1.165, 1.54) is 0 Å². The monoisotopic (exact) mass is 284 g/mol. The summed E-state index contributed by atoms with van der Waals surface area (Å²) in [7, 11) is 0. The van der Waals surface area contributed by atoms with Crippen LogP contribution in [0.2, 0.25) is 0 Å². The number of ether oxygens (including phenoxy) is 1. The highest BCUT2D eigenvalue weighted by atomic mass is 16.5. The van der Waals surface area contributed by atoms with Gasteiger partial charge in [0.2, 0.25) is 0 Å². The first-order valence-corrected chi connectivity index (χ1v) is 6.81. The molecule has 1 saturated heterocycles. The molecule has 21 heavy (non-hydrogen) atoms. The number of carbonyl (C=O) groups excluding carboxylic acids is 1. The third kappa shape index (κ3) is 3.09. The van der Waals surface area contributed by atoms with Crippen molar-refractivity contribution in [2.45, 2.75) is 12.6 Å². The van der Waals surface area contributed by atoms with Gasteiger partial charge in [-0.15, -0.1) is 0 Å². The molecule has 2 aromatic rings. The minimum Gasteiger partial charge on any atom is -0.392 e. The molecule has 0 saturated carbocycles. The first-order valence-electron chi connectivity index (χ1n) is 6.81. The number of aliphatic hydroxyl groups is 1. The lowest BCUT2D eigenvalue weighted by Crippen LogP contribution is -2.48. The van der Waals surface area contributed by atoms with Gasteiger partial charge in [-0.2, -0.15) is 0 Å². The Labute approximate surface area is 122 Å². The number of aromatic nitrogens is 1. The summed E-state index contributed by atoms with van der Waals surface area (Å²) in [4.78, 5) is 16.1. The van der Waals surface area contributed by atoms with Gasteiger partial charge >= 0.3 is 0 Å². The Balaban J connectivity index is 1.71. The third-order valence-electron chi connectivity index (χ3n) is 3.44. The predicted octanol–water partition coefficient (Wildman–Crippen LogP) is 1.37. The van der Waals surface area contributed by atoms with Crippen molar-refractivity contribution in [1.82, 2.24) is 10.3 Å². The maximum absolute atomic E-state index is 11.9. The molecule has 0 spiro atoms. The van der Waals surface area contributed by atoms with Crippen molar-refractivity contribution in [2.75, 3.05) is 13.2 Å². The van der Waals surface area contributed by atoms with Crippen molar-refractivity contribution in [2.24, 2.45) is 0 Å². The van der Waals surface area contributed by atoms with Gasteiger partial charge in [-0.1, -0.05) is 30.3 Å². The van der Waals surface area contributed by atoms with E-state index >= 15 is 0 Å². The molecule has 1 aromatic heterocycles. The summed E-state index contributed by atoms with van der Waals surface area (Å²) < 4.78 is 5.01. The summed E-state index contributed by atoms with van der Waals surface area (Å²) in [5.74, 6) is -0.175. The van der Waals surface area contributed by atoms with E-state index in [2.05, 4.69) is 10.3 Å². The van der Waals surface area contributed by atoms with E-state index in [1.807, 2.05) is 30.3 Å². The van der Waals surface area contributed by atoms with E-state index in [0.717, 1.165) is 16.7 Å². The van der Waals surface area contributed by atoms with Crippen LogP contribution in [0.15, 0.2) is 42.6 Å². The van der Waals surface area contributed by atoms with Crippen LogP contribution >= 0.6 is 0 Å². The molecule has 0 unspecified atom stereocenters. The van der Waals surface area contributed by atoms with Crippen LogP contribution in [0.25, 0.3) is 11.1 Å². The number of benzene rings is 1. The summed E-state index contributed by atoms with van der Waals surface area (Å²) >= 11 is 0. The van der Waals surface area contributed by atoms with E-state index in [9.17, 15) is 4.79 Å². The topological polar surface area (TPSA) is 71.5 Å². The zero-order chi connectivity index (χ0) is 14.7. The first kappa shape index (κ1) is 13.7. The molecule has 0 bridgehead atoms. The van der Waals surface area contributed by atoms with E-state index < -0.39 is 0 Å². The minimum atomic E-state index is -0.175. The Bertz CT molecular complexity index is 619. The van der Waals surface area contributed by atoms with E-state index in [0.29, 0.717) is 18.9 Å².